The summed E-state index contributed by atoms with van der Waals surface area (Å²) >= 11 is 0. The standard InChI is InChI=1S/C35H39F3N4O2/c1-5-24-11-10-12-25(6-2)32(24)42-31(21-23(3)4)29(33(43)40-18-8-7-9-19-40)22-28(34(42)44)30-17-20-41(39-30)27-15-13-26(14-16-27)35(36,37)38/h10-17,20,22-23H,5-9,18-19,21H2,1-4H3. The van der Waals surface area contributed by atoms with Crippen LogP contribution in [0.25, 0.3) is 22.6 Å². The summed E-state index contributed by atoms with van der Waals surface area (Å²) in [5.74, 6) is 0.0849. The number of hydrogen-bond donors (Lipinski definition) is 0. The molecule has 232 valence electrons. The molecule has 1 amide bonds. The Morgan fingerprint density at radius 1 is 0.932 bits per heavy atom. The molecule has 1 fully saturated rings. The van der Waals surface area contributed by atoms with E-state index in [1.165, 1.54) is 16.8 Å². The molecule has 2 aromatic carbocycles. The first-order valence-corrected chi connectivity index (χ1v) is 15.5. The summed E-state index contributed by atoms with van der Waals surface area (Å²) in [4.78, 5) is 30.7. The normalized spacial score (nSPS) is 14.0. The average molecular weight is 605 g/mol. The molecule has 2 aromatic heterocycles. The Morgan fingerprint density at radius 2 is 1.57 bits per heavy atom. The van der Waals surface area contributed by atoms with Crippen LogP contribution in [0.2, 0.25) is 0 Å². The summed E-state index contributed by atoms with van der Waals surface area (Å²) in [6, 6.07) is 14.1. The van der Waals surface area contributed by atoms with Crippen LogP contribution < -0.4 is 5.56 Å². The number of carbonyl (C=O) groups excluding carboxylic acids is 1. The van der Waals surface area contributed by atoms with Crippen molar-refractivity contribution in [1.29, 1.82) is 0 Å². The molecule has 0 spiro atoms. The van der Waals surface area contributed by atoms with Gasteiger partial charge in [-0.1, -0.05) is 45.9 Å². The number of piperidine rings is 1. The lowest BCUT2D eigenvalue weighted by Gasteiger charge is -2.29. The molecule has 6 nitrogen and oxygen atoms in total. The van der Waals surface area contributed by atoms with Gasteiger partial charge in [-0.15, -0.1) is 0 Å². The van der Waals surface area contributed by atoms with E-state index in [4.69, 9.17) is 0 Å². The quantitative estimate of drug-likeness (QED) is 0.208. The van der Waals surface area contributed by atoms with Gasteiger partial charge in [-0.2, -0.15) is 18.3 Å². The smallest absolute Gasteiger partial charge is 0.339 e. The highest BCUT2D eigenvalue weighted by Gasteiger charge is 2.31. The number of rotatable bonds is 8. The minimum Gasteiger partial charge on any atom is -0.339 e. The first-order chi connectivity index (χ1) is 21.0. The Labute approximate surface area is 256 Å². The topological polar surface area (TPSA) is 60.1 Å². The third kappa shape index (κ3) is 6.23. The van der Waals surface area contributed by atoms with Crippen molar-refractivity contribution in [1.82, 2.24) is 19.2 Å². The molecule has 1 saturated heterocycles. The predicted molar refractivity (Wildman–Crippen MR) is 167 cm³/mol. The first-order valence-electron chi connectivity index (χ1n) is 15.5. The fourth-order valence-electron chi connectivity index (χ4n) is 6.03. The lowest BCUT2D eigenvalue weighted by Crippen LogP contribution is -2.38. The van der Waals surface area contributed by atoms with Gasteiger partial charge in [0.25, 0.3) is 11.5 Å². The third-order valence-corrected chi connectivity index (χ3v) is 8.29. The fraction of sp³-hybridized carbons (Fsp3) is 0.400. The van der Waals surface area contributed by atoms with E-state index in [0.29, 0.717) is 55.0 Å². The van der Waals surface area contributed by atoms with Crippen LogP contribution in [0.4, 0.5) is 13.2 Å². The van der Waals surface area contributed by atoms with Gasteiger partial charge < -0.3 is 4.90 Å². The number of aromatic nitrogens is 3. The Hall–Kier alpha value is -4.14. The molecule has 5 rings (SSSR count). The minimum absolute atomic E-state index is 0.0930. The van der Waals surface area contributed by atoms with Gasteiger partial charge in [-0.05, 0) is 92.0 Å². The van der Waals surface area contributed by atoms with Crippen molar-refractivity contribution in [2.45, 2.75) is 72.4 Å². The summed E-state index contributed by atoms with van der Waals surface area (Å²) in [5.41, 5.74) is 4.06. The molecular weight excluding hydrogens is 565 g/mol. The molecular formula is C35H39F3N4O2. The highest BCUT2D eigenvalue weighted by molar-refractivity contribution is 5.96. The first kappa shape index (κ1) is 31.3. The Morgan fingerprint density at radius 3 is 2.14 bits per heavy atom. The van der Waals surface area contributed by atoms with Gasteiger partial charge in [0.2, 0.25) is 0 Å². The van der Waals surface area contributed by atoms with Crippen LogP contribution >= 0.6 is 0 Å². The average Bonchev–Trinajstić information content (AvgIpc) is 3.51. The van der Waals surface area contributed by atoms with Gasteiger partial charge in [0.05, 0.1) is 33.8 Å². The fourth-order valence-corrected chi connectivity index (χ4v) is 6.03. The number of amides is 1. The van der Waals surface area contributed by atoms with Crippen molar-refractivity contribution < 1.29 is 18.0 Å². The summed E-state index contributed by atoms with van der Waals surface area (Å²) in [6.07, 6.45) is 2.08. The van der Waals surface area contributed by atoms with Crippen LogP contribution in [0.5, 0.6) is 0 Å². The SMILES string of the molecule is CCc1cccc(CC)c1-n1c(CC(C)C)c(C(=O)N2CCCCC2)cc(-c2ccn(-c3ccc(C(F)(F)F)cc3)n2)c1=O. The van der Waals surface area contributed by atoms with Crippen molar-refractivity contribution in [2.24, 2.45) is 5.92 Å². The van der Waals surface area contributed by atoms with Gasteiger partial charge in [0.1, 0.15) is 0 Å². The van der Waals surface area contributed by atoms with Gasteiger partial charge in [-0.25, -0.2) is 4.68 Å². The number of halogens is 3. The maximum atomic E-state index is 14.6. The molecule has 3 heterocycles. The largest absolute Gasteiger partial charge is 0.416 e. The van der Waals surface area contributed by atoms with Crippen LogP contribution in [-0.4, -0.2) is 38.2 Å². The zero-order valence-corrected chi connectivity index (χ0v) is 25.7. The number of para-hydroxylation sites is 1. The molecule has 1 aliphatic rings. The number of hydrogen-bond acceptors (Lipinski definition) is 3. The third-order valence-electron chi connectivity index (χ3n) is 8.29. The molecule has 1 aliphatic heterocycles. The zero-order valence-electron chi connectivity index (χ0n) is 25.7. The number of benzene rings is 2. The van der Waals surface area contributed by atoms with Crippen molar-refractivity contribution in [3.63, 3.8) is 0 Å². The van der Waals surface area contributed by atoms with Crippen LogP contribution in [0.3, 0.4) is 0 Å². The predicted octanol–water partition coefficient (Wildman–Crippen LogP) is 7.66. The second kappa shape index (κ2) is 12.8. The van der Waals surface area contributed by atoms with E-state index in [-0.39, 0.29) is 22.9 Å². The number of nitrogens with zero attached hydrogens (tertiary/aromatic N) is 4. The molecule has 0 N–H and O–H groups in total. The molecule has 0 aliphatic carbocycles. The van der Waals surface area contributed by atoms with Crippen molar-refractivity contribution >= 4 is 5.91 Å². The summed E-state index contributed by atoms with van der Waals surface area (Å²) in [5, 5.41) is 4.62. The van der Waals surface area contributed by atoms with Crippen LogP contribution in [0.15, 0.2) is 65.6 Å². The lowest BCUT2D eigenvalue weighted by atomic mass is 9.96. The molecule has 0 saturated carbocycles. The Bertz CT molecular complexity index is 1670. The number of likely N-dealkylation sites (tertiary alicyclic amines) is 1. The second-order valence-electron chi connectivity index (χ2n) is 11.8. The van der Waals surface area contributed by atoms with E-state index >= 15 is 0 Å². The summed E-state index contributed by atoms with van der Waals surface area (Å²) in [6.45, 7) is 9.61. The lowest BCUT2D eigenvalue weighted by molar-refractivity contribution is -0.137. The molecule has 4 aromatic rings. The van der Waals surface area contributed by atoms with Crippen molar-refractivity contribution in [2.75, 3.05) is 13.1 Å². The number of carbonyl (C=O) groups is 1. The maximum Gasteiger partial charge on any atom is 0.416 e. The van der Waals surface area contributed by atoms with E-state index in [2.05, 4.69) is 32.8 Å². The van der Waals surface area contributed by atoms with Crippen LogP contribution in [0.1, 0.15) is 79.7 Å². The van der Waals surface area contributed by atoms with Crippen LogP contribution in [-0.2, 0) is 25.4 Å². The van der Waals surface area contributed by atoms with Gasteiger partial charge in [-0.3, -0.25) is 14.2 Å². The van der Waals surface area contributed by atoms with E-state index < -0.39 is 11.7 Å². The van der Waals surface area contributed by atoms with E-state index in [0.717, 1.165) is 48.2 Å². The Kier molecular flexibility index (Phi) is 9.13. The van der Waals surface area contributed by atoms with Gasteiger partial charge in [0, 0.05) is 25.0 Å². The van der Waals surface area contributed by atoms with E-state index in [9.17, 15) is 22.8 Å². The highest BCUT2D eigenvalue weighted by atomic mass is 19.4. The zero-order chi connectivity index (χ0) is 31.6. The molecule has 9 heteroatoms. The molecule has 0 atom stereocenters. The van der Waals surface area contributed by atoms with Gasteiger partial charge >= 0.3 is 6.18 Å². The van der Waals surface area contributed by atoms with Crippen LogP contribution in [0, 0.1) is 5.92 Å². The van der Waals surface area contributed by atoms with E-state index in [1.807, 2.05) is 23.1 Å². The molecule has 0 radical (unpaired) electrons. The molecule has 0 bridgehead atoms. The summed E-state index contributed by atoms with van der Waals surface area (Å²) in [7, 11) is 0. The highest BCUT2D eigenvalue weighted by Crippen LogP contribution is 2.31. The van der Waals surface area contributed by atoms with Gasteiger partial charge in [0.15, 0.2) is 0 Å². The van der Waals surface area contributed by atoms with Crippen molar-refractivity contribution in [3.05, 3.63) is 99.1 Å². The summed E-state index contributed by atoms with van der Waals surface area (Å²) < 4.78 is 42.6. The minimum atomic E-state index is -4.44. The number of aryl methyl sites for hydroxylation is 2. The number of pyridine rings is 1. The second-order valence-corrected chi connectivity index (χ2v) is 11.8. The maximum absolute atomic E-state index is 14.6. The van der Waals surface area contributed by atoms with Crippen molar-refractivity contribution in [3.8, 4) is 22.6 Å². The molecule has 44 heavy (non-hydrogen) atoms. The number of alkyl halides is 3. The molecule has 0 unspecified atom stereocenters. The monoisotopic (exact) mass is 604 g/mol. The van der Waals surface area contributed by atoms with E-state index in [1.54, 1.807) is 22.9 Å². The Balaban J connectivity index is 1.75.